The summed E-state index contributed by atoms with van der Waals surface area (Å²) in [7, 11) is 0. The lowest BCUT2D eigenvalue weighted by Crippen LogP contribution is -2.09. The topological polar surface area (TPSA) is 55.1 Å². The minimum Gasteiger partial charge on any atom is -0.444 e. The molecule has 1 aromatic heterocycles. The molecule has 0 aromatic carbocycles. The van der Waals surface area contributed by atoms with Crippen LogP contribution in [-0.2, 0) is 17.8 Å². The molecule has 1 N–H and O–H groups in total. The summed E-state index contributed by atoms with van der Waals surface area (Å²) in [5.41, 5.74) is 0. The largest absolute Gasteiger partial charge is 0.444 e. The molecule has 0 saturated carbocycles. The Labute approximate surface area is 64.6 Å². The van der Waals surface area contributed by atoms with E-state index in [2.05, 4.69) is 10.3 Å². The Bertz CT molecular complexity index is 232. The van der Waals surface area contributed by atoms with Gasteiger partial charge in [-0.25, -0.2) is 4.98 Å². The fraction of sp³-hybridized carbons (Fsp3) is 0.429. The summed E-state index contributed by atoms with van der Waals surface area (Å²) in [5, 5.41) is 2.47. The van der Waals surface area contributed by atoms with Crippen LogP contribution in [0, 0.1) is 0 Å². The molecule has 0 aliphatic rings. The summed E-state index contributed by atoms with van der Waals surface area (Å²) in [6.45, 7) is 2.35. The lowest BCUT2D eigenvalue weighted by Gasteiger charge is -1.90. The first kappa shape index (κ1) is 7.78. The molecule has 0 aliphatic heterocycles. The molecule has 1 rings (SSSR count). The first-order chi connectivity index (χ1) is 5.36. The lowest BCUT2D eigenvalue weighted by molar-refractivity contribution is -0.109. The number of carbonyl (C=O) groups excluding carboxylic acids is 1. The van der Waals surface area contributed by atoms with Crippen LogP contribution in [0.4, 0.5) is 0 Å². The molecule has 1 heterocycles. The van der Waals surface area contributed by atoms with E-state index >= 15 is 0 Å². The molecule has 0 saturated heterocycles. The highest BCUT2D eigenvalue weighted by Gasteiger charge is 1.99. The van der Waals surface area contributed by atoms with Crippen molar-refractivity contribution < 1.29 is 9.21 Å². The van der Waals surface area contributed by atoms with Crippen LogP contribution in [0.15, 0.2) is 10.6 Å². The number of amides is 1. The molecule has 11 heavy (non-hydrogen) atoms. The van der Waals surface area contributed by atoms with Gasteiger partial charge in [-0.2, -0.15) is 0 Å². The van der Waals surface area contributed by atoms with Crippen molar-refractivity contribution in [1.29, 1.82) is 0 Å². The average molecular weight is 154 g/mol. The zero-order chi connectivity index (χ0) is 8.10. The second-order valence-electron chi connectivity index (χ2n) is 2.07. The van der Waals surface area contributed by atoms with Gasteiger partial charge in [-0.05, 0) is 0 Å². The van der Waals surface area contributed by atoms with E-state index in [1.54, 1.807) is 6.20 Å². The van der Waals surface area contributed by atoms with Crippen molar-refractivity contribution >= 4 is 6.41 Å². The van der Waals surface area contributed by atoms with Crippen LogP contribution in [-0.4, -0.2) is 11.4 Å². The Morgan fingerprint density at radius 3 is 3.18 bits per heavy atom. The van der Waals surface area contributed by atoms with Gasteiger partial charge in [0.15, 0.2) is 0 Å². The fourth-order valence-electron chi connectivity index (χ4n) is 0.722. The molecule has 0 spiro atoms. The number of carbonyl (C=O) groups is 1. The summed E-state index contributed by atoms with van der Waals surface area (Å²) in [4.78, 5) is 13.8. The predicted octanol–water partition coefficient (Wildman–Crippen LogP) is 0.483. The Morgan fingerprint density at radius 1 is 1.82 bits per heavy atom. The molecular weight excluding hydrogens is 144 g/mol. The minimum atomic E-state index is 0.365. The van der Waals surface area contributed by atoms with Crippen LogP contribution in [0.1, 0.15) is 18.6 Å². The summed E-state index contributed by atoms with van der Waals surface area (Å²) >= 11 is 0. The molecule has 1 aromatic rings. The van der Waals surface area contributed by atoms with Crippen molar-refractivity contribution in [2.75, 3.05) is 0 Å². The zero-order valence-corrected chi connectivity index (χ0v) is 6.33. The summed E-state index contributed by atoms with van der Waals surface area (Å²) < 4.78 is 5.20. The first-order valence-electron chi connectivity index (χ1n) is 3.47. The van der Waals surface area contributed by atoms with E-state index in [9.17, 15) is 4.79 Å². The van der Waals surface area contributed by atoms with Gasteiger partial charge in [0.2, 0.25) is 12.3 Å². The van der Waals surface area contributed by atoms with E-state index in [0.29, 0.717) is 18.8 Å². The highest BCUT2D eigenvalue weighted by Crippen LogP contribution is 2.02. The number of aromatic nitrogens is 1. The number of aryl methyl sites for hydroxylation is 1. The zero-order valence-electron chi connectivity index (χ0n) is 6.33. The van der Waals surface area contributed by atoms with Gasteiger partial charge in [0.05, 0.1) is 12.7 Å². The number of nitrogens with zero attached hydrogens (tertiary/aromatic N) is 1. The van der Waals surface area contributed by atoms with Gasteiger partial charge < -0.3 is 9.73 Å². The number of nitrogens with one attached hydrogen (secondary N) is 1. The lowest BCUT2D eigenvalue weighted by atomic mass is 10.4. The van der Waals surface area contributed by atoms with Gasteiger partial charge in [0.25, 0.3) is 0 Å². The molecule has 0 atom stereocenters. The molecule has 4 heteroatoms. The van der Waals surface area contributed by atoms with Crippen LogP contribution in [0.2, 0.25) is 0 Å². The molecule has 0 aliphatic carbocycles. The number of hydrogen-bond acceptors (Lipinski definition) is 3. The Balaban J connectivity index is 2.50. The predicted molar refractivity (Wildman–Crippen MR) is 38.8 cm³/mol. The summed E-state index contributed by atoms with van der Waals surface area (Å²) in [6, 6.07) is 0. The van der Waals surface area contributed by atoms with Crippen LogP contribution in [0.3, 0.4) is 0 Å². The third kappa shape index (κ3) is 2.07. The van der Waals surface area contributed by atoms with E-state index in [1.807, 2.05) is 6.92 Å². The molecule has 0 radical (unpaired) electrons. The second kappa shape index (κ2) is 3.75. The highest BCUT2D eigenvalue weighted by molar-refractivity contribution is 5.45. The van der Waals surface area contributed by atoms with Gasteiger partial charge in [-0.1, -0.05) is 6.92 Å². The number of hydrogen-bond donors (Lipinski definition) is 1. The van der Waals surface area contributed by atoms with Crippen LogP contribution < -0.4 is 5.32 Å². The smallest absolute Gasteiger partial charge is 0.213 e. The van der Waals surface area contributed by atoms with E-state index in [-0.39, 0.29) is 0 Å². The van der Waals surface area contributed by atoms with E-state index in [0.717, 1.165) is 12.2 Å². The molecule has 1 amide bonds. The van der Waals surface area contributed by atoms with Crippen molar-refractivity contribution in [2.45, 2.75) is 19.9 Å². The van der Waals surface area contributed by atoms with Crippen LogP contribution in [0.5, 0.6) is 0 Å². The summed E-state index contributed by atoms with van der Waals surface area (Å²) in [6.07, 6.45) is 3.12. The number of rotatable bonds is 4. The van der Waals surface area contributed by atoms with Gasteiger partial charge in [-0.3, -0.25) is 4.79 Å². The summed E-state index contributed by atoms with van der Waals surface area (Å²) in [5.74, 6) is 1.39. The normalized spacial score (nSPS) is 9.55. The SMILES string of the molecule is CCc1cnc(CNC=O)o1. The van der Waals surface area contributed by atoms with Gasteiger partial charge in [0, 0.05) is 6.42 Å². The highest BCUT2D eigenvalue weighted by atomic mass is 16.4. The van der Waals surface area contributed by atoms with E-state index < -0.39 is 0 Å². The third-order valence-corrected chi connectivity index (χ3v) is 1.29. The van der Waals surface area contributed by atoms with E-state index in [4.69, 9.17) is 4.42 Å². The van der Waals surface area contributed by atoms with E-state index in [1.165, 1.54) is 0 Å². The first-order valence-corrected chi connectivity index (χ1v) is 3.47. The average Bonchev–Trinajstić information content (AvgIpc) is 2.48. The second-order valence-corrected chi connectivity index (χ2v) is 2.07. The maximum atomic E-state index is 9.87. The van der Waals surface area contributed by atoms with Crippen LogP contribution in [0.25, 0.3) is 0 Å². The molecule has 60 valence electrons. The molecule has 0 fully saturated rings. The standard InChI is InChI=1S/C7H10N2O2/c1-2-6-3-9-7(11-6)4-8-5-10/h3,5H,2,4H2,1H3,(H,8,10). The number of oxazole rings is 1. The maximum absolute atomic E-state index is 9.87. The third-order valence-electron chi connectivity index (χ3n) is 1.29. The van der Waals surface area contributed by atoms with Gasteiger partial charge >= 0.3 is 0 Å². The Morgan fingerprint density at radius 2 is 2.64 bits per heavy atom. The molecule has 4 nitrogen and oxygen atoms in total. The minimum absolute atomic E-state index is 0.365. The Hall–Kier alpha value is -1.32. The van der Waals surface area contributed by atoms with Gasteiger partial charge in [0.1, 0.15) is 5.76 Å². The molecule has 0 unspecified atom stereocenters. The van der Waals surface area contributed by atoms with Crippen molar-refractivity contribution in [3.05, 3.63) is 17.8 Å². The van der Waals surface area contributed by atoms with Gasteiger partial charge in [-0.15, -0.1) is 0 Å². The van der Waals surface area contributed by atoms with Crippen molar-refractivity contribution in [3.63, 3.8) is 0 Å². The fourth-order valence-corrected chi connectivity index (χ4v) is 0.722. The Kier molecular flexibility index (Phi) is 2.66. The quantitative estimate of drug-likeness (QED) is 0.642. The molecular formula is C7H10N2O2. The van der Waals surface area contributed by atoms with Crippen molar-refractivity contribution in [3.8, 4) is 0 Å². The van der Waals surface area contributed by atoms with Crippen molar-refractivity contribution in [2.24, 2.45) is 0 Å². The maximum Gasteiger partial charge on any atom is 0.213 e. The monoisotopic (exact) mass is 154 g/mol. The van der Waals surface area contributed by atoms with Crippen LogP contribution >= 0.6 is 0 Å². The van der Waals surface area contributed by atoms with Crippen molar-refractivity contribution in [1.82, 2.24) is 10.3 Å². The molecule has 0 bridgehead atoms.